The van der Waals surface area contributed by atoms with Crippen molar-refractivity contribution in [2.45, 2.75) is 27.0 Å². The van der Waals surface area contributed by atoms with Crippen molar-refractivity contribution in [2.75, 3.05) is 27.7 Å². The molecular formula is C22H27N7O2. The van der Waals surface area contributed by atoms with Gasteiger partial charge >= 0.3 is 0 Å². The Hall–Kier alpha value is -3.46. The van der Waals surface area contributed by atoms with Gasteiger partial charge < -0.3 is 19.0 Å². The molecule has 1 aromatic carbocycles. The number of nitrogens with zero attached hydrogens (tertiary/aromatic N) is 7. The lowest BCUT2D eigenvalue weighted by Crippen LogP contribution is -2.19. The Bertz CT molecular complexity index is 1240. The monoisotopic (exact) mass is 421 g/mol. The summed E-state index contributed by atoms with van der Waals surface area (Å²) in [4.78, 5) is 16.9. The van der Waals surface area contributed by atoms with Crippen molar-refractivity contribution in [3.8, 4) is 5.75 Å². The fourth-order valence-corrected chi connectivity index (χ4v) is 3.57. The molecular weight excluding hydrogens is 394 g/mol. The Morgan fingerprint density at radius 2 is 1.97 bits per heavy atom. The number of ether oxygens (including phenoxy) is 1. The first kappa shape index (κ1) is 20.8. The topological polar surface area (TPSA) is 82.1 Å². The first-order chi connectivity index (χ1) is 15.0. The van der Waals surface area contributed by atoms with Crippen LogP contribution in [0.1, 0.15) is 22.6 Å². The Balaban J connectivity index is 1.57. The third-order valence-electron chi connectivity index (χ3n) is 5.36. The van der Waals surface area contributed by atoms with Crippen molar-refractivity contribution in [2.24, 2.45) is 5.16 Å². The van der Waals surface area contributed by atoms with Gasteiger partial charge in [0.15, 0.2) is 18.1 Å². The molecule has 0 unspecified atom stereocenters. The standard InChI is InChI=1S/C22H27N7O2/c1-15-16(2)28(11-10-27(3)4)21-20(15)22-25-19(26-29(22)14-23-21)13-31-24-12-17-8-6-7-9-18(17)30-5/h6-9,12,14H,10-11,13H2,1-5H3. The third kappa shape index (κ3) is 4.09. The first-order valence-corrected chi connectivity index (χ1v) is 10.1. The quantitative estimate of drug-likeness (QED) is 0.321. The van der Waals surface area contributed by atoms with Crippen LogP contribution < -0.4 is 4.74 Å². The number of hydrogen-bond acceptors (Lipinski definition) is 7. The van der Waals surface area contributed by atoms with Crippen LogP contribution >= 0.6 is 0 Å². The number of para-hydroxylation sites is 1. The lowest BCUT2D eigenvalue weighted by molar-refractivity contribution is 0.126. The van der Waals surface area contributed by atoms with Crippen molar-refractivity contribution in [3.63, 3.8) is 0 Å². The Labute approximate surface area is 180 Å². The third-order valence-corrected chi connectivity index (χ3v) is 5.36. The van der Waals surface area contributed by atoms with Crippen LogP contribution in [0.15, 0.2) is 35.7 Å². The number of methoxy groups -OCH3 is 1. The smallest absolute Gasteiger partial charge is 0.192 e. The molecule has 162 valence electrons. The average molecular weight is 422 g/mol. The summed E-state index contributed by atoms with van der Waals surface area (Å²) < 4.78 is 9.25. The number of oxime groups is 1. The van der Waals surface area contributed by atoms with E-state index in [1.807, 2.05) is 24.3 Å². The highest BCUT2D eigenvalue weighted by Crippen LogP contribution is 2.26. The van der Waals surface area contributed by atoms with Gasteiger partial charge in [-0.25, -0.2) is 14.5 Å². The lowest BCUT2D eigenvalue weighted by atomic mass is 10.2. The maximum absolute atomic E-state index is 5.43. The molecule has 0 aliphatic carbocycles. The van der Waals surface area contributed by atoms with Crippen LogP contribution in [0.25, 0.3) is 16.7 Å². The Kier molecular flexibility index (Phi) is 5.85. The molecule has 0 aliphatic heterocycles. The van der Waals surface area contributed by atoms with Crippen LogP contribution in [-0.4, -0.2) is 63.0 Å². The molecule has 0 N–H and O–H groups in total. The Morgan fingerprint density at radius 1 is 1.16 bits per heavy atom. The van der Waals surface area contributed by atoms with E-state index in [4.69, 9.17) is 14.6 Å². The zero-order chi connectivity index (χ0) is 22.0. The van der Waals surface area contributed by atoms with Crippen LogP contribution in [0.3, 0.4) is 0 Å². The summed E-state index contributed by atoms with van der Waals surface area (Å²) in [6.07, 6.45) is 3.32. The van der Waals surface area contributed by atoms with E-state index in [0.717, 1.165) is 41.1 Å². The van der Waals surface area contributed by atoms with E-state index in [2.05, 4.69) is 52.6 Å². The fraction of sp³-hybridized carbons (Fsp3) is 0.364. The normalized spacial score (nSPS) is 11.9. The van der Waals surface area contributed by atoms with Gasteiger partial charge in [-0.1, -0.05) is 17.3 Å². The highest BCUT2D eigenvalue weighted by atomic mass is 16.6. The van der Waals surface area contributed by atoms with Crippen LogP contribution in [-0.2, 0) is 18.0 Å². The summed E-state index contributed by atoms with van der Waals surface area (Å²) in [6, 6.07) is 7.60. The molecule has 0 radical (unpaired) electrons. The van der Waals surface area contributed by atoms with Crippen LogP contribution in [0.5, 0.6) is 5.75 Å². The SMILES string of the molecule is COc1ccccc1C=NOCc1nc2c3c(C)c(C)n(CCN(C)C)c3ncn2n1. The molecule has 9 nitrogen and oxygen atoms in total. The van der Waals surface area contributed by atoms with Gasteiger partial charge in [0.2, 0.25) is 0 Å². The number of hydrogen-bond donors (Lipinski definition) is 0. The molecule has 0 amide bonds. The van der Waals surface area contributed by atoms with Gasteiger partial charge in [-0.05, 0) is 45.6 Å². The maximum Gasteiger partial charge on any atom is 0.192 e. The number of aromatic nitrogens is 5. The zero-order valence-corrected chi connectivity index (χ0v) is 18.5. The molecule has 9 heteroatoms. The van der Waals surface area contributed by atoms with Gasteiger partial charge in [-0.15, -0.1) is 5.10 Å². The molecule has 0 fully saturated rings. The number of likely N-dealkylation sites (N-methyl/N-ethyl adjacent to an activating group) is 1. The summed E-state index contributed by atoms with van der Waals surface area (Å²) in [5.74, 6) is 1.28. The summed E-state index contributed by atoms with van der Waals surface area (Å²) in [5, 5.41) is 9.56. The number of rotatable bonds is 8. The highest BCUT2D eigenvalue weighted by Gasteiger charge is 2.18. The lowest BCUT2D eigenvalue weighted by Gasteiger charge is -2.12. The van der Waals surface area contributed by atoms with Crippen molar-refractivity contribution in [1.29, 1.82) is 0 Å². The van der Waals surface area contributed by atoms with Gasteiger partial charge in [0.1, 0.15) is 17.7 Å². The molecule has 4 aromatic rings. The number of fused-ring (bicyclic) bond motifs is 3. The molecule has 0 bridgehead atoms. The molecule has 31 heavy (non-hydrogen) atoms. The summed E-state index contributed by atoms with van der Waals surface area (Å²) in [7, 11) is 5.77. The van der Waals surface area contributed by atoms with Gasteiger partial charge in [0.25, 0.3) is 0 Å². The maximum atomic E-state index is 5.43. The van der Waals surface area contributed by atoms with E-state index < -0.39 is 0 Å². The summed E-state index contributed by atoms with van der Waals surface area (Å²) in [6.45, 7) is 6.19. The van der Waals surface area contributed by atoms with Gasteiger partial charge in [0.05, 0.1) is 18.7 Å². The molecule has 3 heterocycles. The van der Waals surface area contributed by atoms with E-state index in [-0.39, 0.29) is 6.61 Å². The predicted octanol–water partition coefficient (Wildman–Crippen LogP) is 2.82. The van der Waals surface area contributed by atoms with Gasteiger partial charge in [-0.2, -0.15) is 0 Å². The van der Waals surface area contributed by atoms with E-state index >= 15 is 0 Å². The molecule has 3 aromatic heterocycles. The van der Waals surface area contributed by atoms with E-state index in [1.165, 1.54) is 11.3 Å². The average Bonchev–Trinajstić information content (AvgIpc) is 3.28. The molecule has 0 aliphatic rings. The molecule has 0 spiro atoms. The van der Waals surface area contributed by atoms with Crippen LogP contribution in [0.4, 0.5) is 0 Å². The fourth-order valence-electron chi connectivity index (χ4n) is 3.57. The van der Waals surface area contributed by atoms with Crippen molar-refractivity contribution >= 4 is 22.9 Å². The molecule has 4 rings (SSSR count). The zero-order valence-electron chi connectivity index (χ0n) is 18.5. The van der Waals surface area contributed by atoms with Crippen molar-refractivity contribution < 1.29 is 9.57 Å². The summed E-state index contributed by atoms with van der Waals surface area (Å²) in [5.41, 5.74) is 4.91. The van der Waals surface area contributed by atoms with Crippen LogP contribution in [0, 0.1) is 13.8 Å². The molecule has 0 saturated heterocycles. The number of aryl methyl sites for hydroxylation is 1. The van der Waals surface area contributed by atoms with Crippen molar-refractivity contribution in [1.82, 2.24) is 29.0 Å². The molecule has 0 saturated carbocycles. The largest absolute Gasteiger partial charge is 0.496 e. The minimum atomic E-state index is 0.161. The first-order valence-electron chi connectivity index (χ1n) is 10.1. The minimum Gasteiger partial charge on any atom is -0.496 e. The molecule has 0 atom stereocenters. The second-order valence-electron chi connectivity index (χ2n) is 7.65. The van der Waals surface area contributed by atoms with E-state index in [0.29, 0.717) is 5.82 Å². The minimum absolute atomic E-state index is 0.161. The Morgan fingerprint density at radius 3 is 2.74 bits per heavy atom. The van der Waals surface area contributed by atoms with Gasteiger partial charge in [-0.3, -0.25) is 0 Å². The second-order valence-corrected chi connectivity index (χ2v) is 7.65. The summed E-state index contributed by atoms with van der Waals surface area (Å²) >= 11 is 0. The number of benzene rings is 1. The second kappa shape index (κ2) is 8.73. The van der Waals surface area contributed by atoms with E-state index in [1.54, 1.807) is 24.2 Å². The van der Waals surface area contributed by atoms with E-state index in [9.17, 15) is 0 Å². The predicted molar refractivity (Wildman–Crippen MR) is 120 cm³/mol. The van der Waals surface area contributed by atoms with Crippen LogP contribution in [0.2, 0.25) is 0 Å². The van der Waals surface area contributed by atoms with Crippen molar-refractivity contribution in [3.05, 3.63) is 53.2 Å². The van der Waals surface area contributed by atoms with Gasteiger partial charge in [0, 0.05) is 24.3 Å². The highest BCUT2D eigenvalue weighted by molar-refractivity contribution is 5.93.